The Balaban J connectivity index is 2.02. The third kappa shape index (κ3) is 2.98. The lowest BCUT2D eigenvalue weighted by molar-refractivity contribution is -0.136. The topological polar surface area (TPSA) is 82.2 Å². The van der Waals surface area contributed by atoms with Crippen LogP contribution < -0.4 is 5.32 Å². The Morgan fingerprint density at radius 2 is 1.89 bits per heavy atom. The molecule has 92 valence electrons. The van der Waals surface area contributed by atoms with Crippen LogP contribution in [0.3, 0.4) is 0 Å². The minimum atomic E-state index is -0.877. The van der Waals surface area contributed by atoms with E-state index in [4.69, 9.17) is 5.11 Å². The number of aromatic nitrogens is 1. The molecule has 0 aliphatic rings. The number of carbonyl (C=O) groups is 2. The number of rotatable bonds is 4. The summed E-state index contributed by atoms with van der Waals surface area (Å²) in [6.45, 7) is 0. The van der Waals surface area contributed by atoms with Crippen molar-refractivity contribution in [3.05, 3.63) is 53.9 Å². The number of carboxylic acid groups (broad SMARTS) is 1. The Morgan fingerprint density at radius 3 is 2.44 bits per heavy atom. The molecular weight excluding hydrogens is 232 g/mol. The second-order valence-electron chi connectivity index (χ2n) is 3.81. The highest BCUT2D eigenvalue weighted by Crippen LogP contribution is 2.11. The number of hydrogen-bond acceptors (Lipinski definition) is 2. The highest BCUT2D eigenvalue weighted by Gasteiger charge is 2.06. The van der Waals surface area contributed by atoms with Crippen LogP contribution in [0, 0.1) is 0 Å². The van der Waals surface area contributed by atoms with Crippen LogP contribution in [-0.4, -0.2) is 22.0 Å². The number of nitrogens with one attached hydrogen (secondary N) is 2. The van der Waals surface area contributed by atoms with Gasteiger partial charge in [0.05, 0.1) is 6.42 Å². The number of aliphatic carboxylic acids is 1. The van der Waals surface area contributed by atoms with E-state index in [1.165, 1.54) is 0 Å². The Bertz CT molecular complexity index is 544. The zero-order valence-corrected chi connectivity index (χ0v) is 9.51. The Kier molecular flexibility index (Phi) is 3.43. The smallest absolute Gasteiger partial charge is 0.307 e. The van der Waals surface area contributed by atoms with Crippen molar-refractivity contribution >= 4 is 17.6 Å². The number of H-pyrrole nitrogens is 1. The summed E-state index contributed by atoms with van der Waals surface area (Å²) in [7, 11) is 0. The van der Waals surface area contributed by atoms with Gasteiger partial charge >= 0.3 is 5.97 Å². The second-order valence-corrected chi connectivity index (χ2v) is 3.81. The molecule has 0 atom stereocenters. The average molecular weight is 244 g/mol. The van der Waals surface area contributed by atoms with Crippen LogP contribution in [0.1, 0.15) is 16.1 Å². The molecule has 0 radical (unpaired) electrons. The van der Waals surface area contributed by atoms with Crippen LogP contribution in [-0.2, 0) is 11.2 Å². The molecule has 3 N–H and O–H groups in total. The fourth-order valence-electron chi connectivity index (χ4n) is 1.55. The quantitative estimate of drug-likeness (QED) is 0.768. The van der Waals surface area contributed by atoms with Gasteiger partial charge in [0.15, 0.2) is 0 Å². The summed E-state index contributed by atoms with van der Waals surface area (Å²) < 4.78 is 0. The number of aromatic amines is 1. The van der Waals surface area contributed by atoms with Crippen LogP contribution >= 0.6 is 0 Å². The zero-order valence-electron chi connectivity index (χ0n) is 9.51. The molecule has 0 aliphatic carbocycles. The van der Waals surface area contributed by atoms with E-state index >= 15 is 0 Å². The van der Waals surface area contributed by atoms with E-state index in [1.807, 2.05) is 0 Å². The van der Waals surface area contributed by atoms with Gasteiger partial charge < -0.3 is 15.4 Å². The number of hydrogen-bond donors (Lipinski definition) is 3. The molecular formula is C13H12N2O3. The molecule has 0 bridgehead atoms. The van der Waals surface area contributed by atoms with Gasteiger partial charge in [0.1, 0.15) is 5.69 Å². The molecule has 0 saturated carbocycles. The minimum Gasteiger partial charge on any atom is -0.481 e. The first kappa shape index (κ1) is 11.9. The third-order valence-electron chi connectivity index (χ3n) is 2.41. The summed E-state index contributed by atoms with van der Waals surface area (Å²) >= 11 is 0. The Morgan fingerprint density at radius 1 is 1.17 bits per heavy atom. The van der Waals surface area contributed by atoms with Gasteiger partial charge in [0.2, 0.25) is 0 Å². The Labute approximate surface area is 103 Å². The largest absolute Gasteiger partial charge is 0.481 e. The van der Waals surface area contributed by atoms with Gasteiger partial charge in [-0.2, -0.15) is 0 Å². The fraction of sp³-hybridized carbons (Fsp3) is 0.0769. The molecule has 5 nitrogen and oxygen atoms in total. The van der Waals surface area contributed by atoms with Gasteiger partial charge in [-0.25, -0.2) is 0 Å². The van der Waals surface area contributed by atoms with Crippen molar-refractivity contribution in [2.24, 2.45) is 0 Å². The fourth-order valence-corrected chi connectivity index (χ4v) is 1.55. The predicted molar refractivity (Wildman–Crippen MR) is 66.5 cm³/mol. The molecule has 0 fully saturated rings. The van der Waals surface area contributed by atoms with E-state index in [0.717, 1.165) is 0 Å². The molecule has 1 aromatic carbocycles. The molecule has 0 spiro atoms. The van der Waals surface area contributed by atoms with Crippen LogP contribution in [0.25, 0.3) is 0 Å². The van der Waals surface area contributed by atoms with Gasteiger partial charge in [-0.15, -0.1) is 0 Å². The maximum Gasteiger partial charge on any atom is 0.307 e. The summed E-state index contributed by atoms with van der Waals surface area (Å²) in [6, 6.07) is 10.1. The number of benzene rings is 1. The average Bonchev–Trinajstić information content (AvgIpc) is 2.84. The monoisotopic (exact) mass is 244 g/mol. The molecule has 2 rings (SSSR count). The molecule has 2 aromatic rings. The Hall–Kier alpha value is -2.56. The van der Waals surface area contributed by atoms with Crippen molar-refractivity contribution in [1.82, 2.24) is 4.98 Å². The summed E-state index contributed by atoms with van der Waals surface area (Å²) in [6.07, 6.45) is 1.65. The zero-order chi connectivity index (χ0) is 13.0. The number of anilines is 1. The summed E-state index contributed by atoms with van der Waals surface area (Å²) in [5.41, 5.74) is 1.80. The predicted octanol–water partition coefficient (Wildman–Crippen LogP) is 1.89. The van der Waals surface area contributed by atoms with Crippen LogP contribution in [0.4, 0.5) is 5.69 Å². The summed E-state index contributed by atoms with van der Waals surface area (Å²) in [5, 5.41) is 11.3. The highest BCUT2D eigenvalue weighted by molar-refractivity contribution is 6.02. The maximum atomic E-state index is 11.7. The highest BCUT2D eigenvalue weighted by atomic mass is 16.4. The maximum absolute atomic E-state index is 11.7. The van der Waals surface area contributed by atoms with Crippen LogP contribution in [0.15, 0.2) is 42.6 Å². The number of amides is 1. The summed E-state index contributed by atoms with van der Waals surface area (Å²) in [4.78, 5) is 25.0. The lowest BCUT2D eigenvalue weighted by atomic mass is 10.1. The molecule has 0 unspecified atom stereocenters. The van der Waals surface area contributed by atoms with E-state index in [1.54, 1.807) is 42.6 Å². The SMILES string of the molecule is O=C(O)Cc1ccc(NC(=O)c2ccc[nH]2)cc1. The first-order valence-corrected chi connectivity index (χ1v) is 5.40. The summed E-state index contributed by atoms with van der Waals surface area (Å²) in [5.74, 6) is -1.11. The second kappa shape index (κ2) is 5.18. The van der Waals surface area contributed by atoms with Crippen LogP contribution in [0.5, 0.6) is 0 Å². The van der Waals surface area contributed by atoms with E-state index in [0.29, 0.717) is 16.9 Å². The van der Waals surface area contributed by atoms with Gasteiger partial charge in [0.25, 0.3) is 5.91 Å². The minimum absolute atomic E-state index is 0.0230. The normalized spacial score (nSPS) is 10.0. The third-order valence-corrected chi connectivity index (χ3v) is 2.41. The molecule has 1 aromatic heterocycles. The molecule has 5 heteroatoms. The molecule has 1 heterocycles. The molecule has 18 heavy (non-hydrogen) atoms. The molecule has 0 aliphatic heterocycles. The van der Waals surface area contributed by atoms with Crippen molar-refractivity contribution in [1.29, 1.82) is 0 Å². The first-order valence-electron chi connectivity index (χ1n) is 5.40. The van der Waals surface area contributed by atoms with Gasteiger partial charge in [0, 0.05) is 11.9 Å². The first-order chi connectivity index (χ1) is 8.65. The van der Waals surface area contributed by atoms with E-state index in [9.17, 15) is 9.59 Å². The van der Waals surface area contributed by atoms with E-state index < -0.39 is 5.97 Å². The van der Waals surface area contributed by atoms with Gasteiger partial charge in [-0.05, 0) is 29.8 Å². The van der Waals surface area contributed by atoms with Gasteiger partial charge in [-0.1, -0.05) is 12.1 Å². The lowest BCUT2D eigenvalue weighted by Crippen LogP contribution is -2.12. The van der Waals surface area contributed by atoms with Crippen molar-refractivity contribution < 1.29 is 14.7 Å². The van der Waals surface area contributed by atoms with Crippen LogP contribution in [0.2, 0.25) is 0 Å². The van der Waals surface area contributed by atoms with Crippen molar-refractivity contribution in [2.45, 2.75) is 6.42 Å². The standard InChI is InChI=1S/C13H12N2O3/c16-12(17)8-9-3-5-10(6-4-9)15-13(18)11-2-1-7-14-11/h1-7,14H,8H2,(H,15,18)(H,16,17). The molecule has 0 saturated heterocycles. The lowest BCUT2D eigenvalue weighted by Gasteiger charge is -2.04. The number of carbonyl (C=O) groups excluding carboxylic acids is 1. The van der Waals surface area contributed by atoms with Crippen molar-refractivity contribution in [3.8, 4) is 0 Å². The van der Waals surface area contributed by atoms with E-state index in [-0.39, 0.29) is 12.3 Å². The van der Waals surface area contributed by atoms with Crippen molar-refractivity contribution in [2.75, 3.05) is 5.32 Å². The number of carboxylic acids is 1. The van der Waals surface area contributed by atoms with E-state index in [2.05, 4.69) is 10.3 Å². The van der Waals surface area contributed by atoms with Gasteiger partial charge in [-0.3, -0.25) is 9.59 Å². The molecule has 1 amide bonds. The van der Waals surface area contributed by atoms with Crippen molar-refractivity contribution in [3.63, 3.8) is 0 Å².